The Labute approximate surface area is 172 Å². The van der Waals surface area contributed by atoms with Gasteiger partial charge in [0.25, 0.3) is 5.56 Å². The number of ether oxygens (including phenoxy) is 2. The number of nitriles is 1. The zero-order chi connectivity index (χ0) is 20.9. The van der Waals surface area contributed by atoms with Crippen molar-refractivity contribution in [2.45, 2.75) is 6.23 Å². The first kappa shape index (κ1) is 19.2. The summed E-state index contributed by atoms with van der Waals surface area (Å²) in [6, 6.07) is 18.4. The second-order valence-corrected chi connectivity index (χ2v) is 6.47. The molecule has 7 heteroatoms. The molecule has 1 atom stereocenters. The van der Waals surface area contributed by atoms with Crippen molar-refractivity contribution in [2.75, 3.05) is 7.11 Å². The molecule has 0 amide bonds. The number of hydrogen-bond acceptors (Lipinski definition) is 5. The van der Waals surface area contributed by atoms with Gasteiger partial charge in [-0.15, -0.1) is 0 Å². The van der Waals surface area contributed by atoms with Crippen molar-refractivity contribution in [2.24, 2.45) is 0 Å². The number of hydrogen-bond donors (Lipinski definition) is 1. The van der Waals surface area contributed by atoms with E-state index in [1.165, 1.54) is 13.3 Å². The molecule has 0 aliphatic carbocycles. The van der Waals surface area contributed by atoms with Gasteiger partial charge in [-0.25, -0.2) is 4.98 Å². The molecule has 2 heterocycles. The van der Waals surface area contributed by atoms with Crippen LogP contribution < -0.4 is 10.3 Å². The highest BCUT2D eigenvalue weighted by atomic mass is 16.5. The first-order chi connectivity index (χ1) is 14.7. The molecule has 0 saturated carbocycles. The molecule has 0 aliphatic rings. The summed E-state index contributed by atoms with van der Waals surface area (Å²) in [6.07, 6.45) is 5.79. The predicted octanol–water partition coefficient (Wildman–Crippen LogP) is 4.10. The van der Waals surface area contributed by atoms with Crippen LogP contribution in [0.2, 0.25) is 0 Å². The summed E-state index contributed by atoms with van der Waals surface area (Å²) in [7, 11) is 1.53. The van der Waals surface area contributed by atoms with Crippen LogP contribution in [0, 0.1) is 11.3 Å². The zero-order valence-electron chi connectivity index (χ0n) is 16.1. The van der Waals surface area contributed by atoms with Crippen LogP contribution in [-0.2, 0) is 4.74 Å². The van der Waals surface area contributed by atoms with Crippen LogP contribution in [0.3, 0.4) is 0 Å². The number of benzene rings is 2. The maximum atomic E-state index is 12.9. The Bertz CT molecular complexity index is 1220. The molecule has 1 unspecified atom stereocenters. The quantitative estimate of drug-likeness (QED) is 0.528. The summed E-state index contributed by atoms with van der Waals surface area (Å²) in [6.45, 7) is 0. The second kappa shape index (κ2) is 8.47. The maximum Gasteiger partial charge on any atom is 0.256 e. The van der Waals surface area contributed by atoms with Gasteiger partial charge in [0.15, 0.2) is 12.0 Å². The molecule has 0 saturated heterocycles. The Balaban J connectivity index is 1.90. The smallest absolute Gasteiger partial charge is 0.256 e. The first-order valence-electron chi connectivity index (χ1n) is 9.20. The van der Waals surface area contributed by atoms with Gasteiger partial charge in [-0.1, -0.05) is 30.3 Å². The third-order valence-corrected chi connectivity index (χ3v) is 4.63. The highest BCUT2D eigenvalue weighted by Crippen LogP contribution is 2.37. The molecular formula is C23H18N4O3. The standard InChI is InChI=1S/C23H18N4O3/c1-29-23(27-12-11-25-15-27)21-20(17-5-3-2-4-6-17)19(14-26-22(21)28)30-18-9-7-16(13-24)8-10-18/h2-12,14-15,23H,1H3,(H,26,28). The molecule has 0 radical (unpaired) electrons. The fraction of sp³-hybridized carbons (Fsp3) is 0.0870. The highest BCUT2D eigenvalue weighted by molar-refractivity contribution is 5.74. The van der Waals surface area contributed by atoms with Gasteiger partial charge in [0.1, 0.15) is 5.75 Å². The molecule has 0 spiro atoms. The molecule has 4 rings (SSSR count). The number of pyridine rings is 1. The number of methoxy groups -OCH3 is 1. The van der Waals surface area contributed by atoms with Crippen molar-refractivity contribution in [1.82, 2.24) is 14.5 Å². The minimum Gasteiger partial charge on any atom is -0.455 e. The Morgan fingerprint density at radius 3 is 2.53 bits per heavy atom. The molecule has 148 valence electrons. The molecule has 2 aromatic heterocycles. The van der Waals surface area contributed by atoms with Crippen LogP contribution in [0.15, 0.2) is 84.3 Å². The van der Waals surface area contributed by atoms with Crippen LogP contribution in [0.4, 0.5) is 0 Å². The normalized spacial score (nSPS) is 11.6. The first-order valence-corrected chi connectivity index (χ1v) is 9.20. The Morgan fingerprint density at radius 2 is 1.90 bits per heavy atom. The van der Waals surface area contributed by atoms with E-state index in [1.54, 1.807) is 47.6 Å². The Morgan fingerprint density at radius 1 is 1.13 bits per heavy atom. The van der Waals surface area contributed by atoms with Crippen molar-refractivity contribution < 1.29 is 9.47 Å². The van der Waals surface area contributed by atoms with E-state index in [9.17, 15) is 4.79 Å². The fourth-order valence-electron chi connectivity index (χ4n) is 3.27. The van der Waals surface area contributed by atoms with Gasteiger partial charge >= 0.3 is 0 Å². The lowest BCUT2D eigenvalue weighted by Gasteiger charge is -2.21. The Hall–Kier alpha value is -4.15. The van der Waals surface area contributed by atoms with Gasteiger partial charge in [0.05, 0.1) is 23.5 Å². The lowest BCUT2D eigenvalue weighted by Crippen LogP contribution is -2.23. The summed E-state index contributed by atoms with van der Waals surface area (Å²) < 4.78 is 13.5. The lowest BCUT2D eigenvalue weighted by atomic mass is 9.99. The highest BCUT2D eigenvalue weighted by Gasteiger charge is 2.25. The van der Waals surface area contributed by atoms with E-state index < -0.39 is 6.23 Å². The van der Waals surface area contributed by atoms with Crippen molar-refractivity contribution in [3.63, 3.8) is 0 Å². The third kappa shape index (κ3) is 3.72. The second-order valence-electron chi connectivity index (χ2n) is 6.47. The average Bonchev–Trinajstić information content (AvgIpc) is 3.32. The molecule has 0 bridgehead atoms. The molecule has 0 aliphatic heterocycles. The Kier molecular flexibility index (Phi) is 5.42. The largest absolute Gasteiger partial charge is 0.455 e. The van der Waals surface area contributed by atoms with Gasteiger partial charge in [0.2, 0.25) is 0 Å². The lowest BCUT2D eigenvalue weighted by molar-refractivity contribution is 0.0776. The van der Waals surface area contributed by atoms with Crippen molar-refractivity contribution >= 4 is 0 Å². The number of imidazole rings is 1. The van der Waals surface area contributed by atoms with Gasteiger partial charge in [-0.3, -0.25) is 4.79 Å². The van der Waals surface area contributed by atoms with E-state index in [2.05, 4.69) is 16.0 Å². The molecular weight excluding hydrogens is 380 g/mol. The van der Waals surface area contributed by atoms with Crippen molar-refractivity contribution in [3.8, 4) is 28.7 Å². The van der Waals surface area contributed by atoms with Crippen LogP contribution in [-0.4, -0.2) is 21.6 Å². The number of aromatic nitrogens is 3. The SMILES string of the molecule is COC(c1c(-c2ccccc2)c(Oc2ccc(C#N)cc2)c[nH]c1=O)n1ccnc1. The van der Waals surface area contributed by atoms with E-state index >= 15 is 0 Å². The van der Waals surface area contributed by atoms with Crippen LogP contribution in [0.1, 0.15) is 17.4 Å². The van der Waals surface area contributed by atoms with E-state index in [1.807, 2.05) is 30.3 Å². The topological polar surface area (TPSA) is 92.9 Å². The number of H-pyrrole nitrogens is 1. The van der Waals surface area contributed by atoms with E-state index in [-0.39, 0.29) is 5.56 Å². The van der Waals surface area contributed by atoms with Crippen LogP contribution in [0.25, 0.3) is 11.1 Å². The number of rotatable bonds is 6. The molecule has 1 N–H and O–H groups in total. The zero-order valence-corrected chi connectivity index (χ0v) is 16.1. The number of nitrogens with zero attached hydrogens (tertiary/aromatic N) is 3. The van der Waals surface area contributed by atoms with Crippen molar-refractivity contribution in [1.29, 1.82) is 5.26 Å². The molecule has 2 aromatic carbocycles. The summed E-state index contributed by atoms with van der Waals surface area (Å²) in [4.78, 5) is 19.8. The van der Waals surface area contributed by atoms with E-state index in [0.29, 0.717) is 28.2 Å². The minimum atomic E-state index is -0.698. The van der Waals surface area contributed by atoms with E-state index in [4.69, 9.17) is 14.7 Å². The summed E-state index contributed by atoms with van der Waals surface area (Å²) >= 11 is 0. The monoisotopic (exact) mass is 398 g/mol. The summed E-state index contributed by atoms with van der Waals surface area (Å²) in [5, 5.41) is 9.00. The predicted molar refractivity (Wildman–Crippen MR) is 111 cm³/mol. The third-order valence-electron chi connectivity index (χ3n) is 4.63. The average molecular weight is 398 g/mol. The van der Waals surface area contributed by atoms with E-state index in [0.717, 1.165) is 5.56 Å². The van der Waals surface area contributed by atoms with Crippen LogP contribution in [0.5, 0.6) is 11.5 Å². The van der Waals surface area contributed by atoms with Gasteiger partial charge in [0, 0.05) is 31.3 Å². The van der Waals surface area contributed by atoms with Gasteiger partial charge in [-0.2, -0.15) is 5.26 Å². The number of aromatic amines is 1. The number of nitrogens with one attached hydrogen (secondary N) is 1. The van der Waals surface area contributed by atoms with Gasteiger partial charge in [-0.05, 0) is 29.8 Å². The summed E-state index contributed by atoms with van der Waals surface area (Å²) in [5.74, 6) is 1.00. The van der Waals surface area contributed by atoms with Gasteiger partial charge < -0.3 is 19.0 Å². The molecule has 7 nitrogen and oxygen atoms in total. The fourth-order valence-corrected chi connectivity index (χ4v) is 3.27. The summed E-state index contributed by atoms with van der Waals surface area (Å²) in [5.41, 5.74) is 2.07. The van der Waals surface area contributed by atoms with Crippen molar-refractivity contribution in [3.05, 3.63) is 101 Å². The molecule has 0 fully saturated rings. The molecule has 30 heavy (non-hydrogen) atoms. The minimum absolute atomic E-state index is 0.290. The maximum absolute atomic E-state index is 12.9. The molecule has 4 aromatic rings. The van der Waals surface area contributed by atoms with Crippen LogP contribution >= 0.6 is 0 Å².